The van der Waals surface area contributed by atoms with Gasteiger partial charge < -0.3 is 15.6 Å². The van der Waals surface area contributed by atoms with Crippen LogP contribution in [0.5, 0.6) is 0 Å². The van der Waals surface area contributed by atoms with E-state index in [1.165, 1.54) is 0 Å². The molecule has 0 unspecified atom stereocenters. The van der Waals surface area contributed by atoms with Crippen LogP contribution in [0.2, 0.25) is 0 Å². The van der Waals surface area contributed by atoms with Gasteiger partial charge in [-0.25, -0.2) is 14.4 Å². The smallest absolute Gasteiger partial charge is 0.227 e. The Morgan fingerprint density at radius 3 is 2.62 bits per heavy atom. The second kappa shape index (κ2) is 8.99. The zero-order valence-electron chi connectivity index (χ0n) is 20.8. The maximum Gasteiger partial charge on any atom is 0.227 e. The Morgan fingerprint density at radius 2 is 1.86 bits per heavy atom. The van der Waals surface area contributed by atoms with E-state index in [-0.39, 0.29) is 23.6 Å². The molecule has 4 heterocycles. The van der Waals surface area contributed by atoms with Gasteiger partial charge in [0.05, 0.1) is 17.4 Å². The van der Waals surface area contributed by atoms with E-state index in [0.717, 1.165) is 42.6 Å². The van der Waals surface area contributed by atoms with Gasteiger partial charge in [-0.2, -0.15) is 0 Å². The molecule has 1 aromatic carbocycles. The van der Waals surface area contributed by atoms with Crippen molar-refractivity contribution in [1.82, 2.24) is 23.9 Å². The van der Waals surface area contributed by atoms with Crippen LogP contribution < -0.4 is 11.1 Å². The molecule has 6 rings (SSSR count). The number of pyridine rings is 1. The minimum atomic E-state index is -0.328. The van der Waals surface area contributed by atoms with E-state index < -0.39 is 0 Å². The van der Waals surface area contributed by atoms with E-state index in [4.69, 9.17) is 10.7 Å². The molecule has 0 aliphatic heterocycles. The number of aryl methyl sites for hydroxylation is 2. The molecule has 1 amide bonds. The lowest BCUT2D eigenvalue weighted by molar-refractivity contribution is -0.120. The topological polar surface area (TPSA) is 103 Å². The van der Waals surface area contributed by atoms with Crippen molar-refractivity contribution >= 4 is 33.8 Å². The molecule has 9 heteroatoms. The number of imidazole rings is 1. The fraction of sp³-hybridized carbons (Fsp3) is 0.286. The van der Waals surface area contributed by atoms with Crippen LogP contribution in [0, 0.1) is 18.7 Å². The molecule has 0 saturated heterocycles. The van der Waals surface area contributed by atoms with E-state index in [0.29, 0.717) is 33.8 Å². The van der Waals surface area contributed by atoms with Crippen LogP contribution >= 0.6 is 0 Å². The van der Waals surface area contributed by atoms with Crippen LogP contribution in [0.15, 0.2) is 55.1 Å². The molecule has 37 heavy (non-hydrogen) atoms. The number of nitrogens with one attached hydrogen (secondary N) is 1. The summed E-state index contributed by atoms with van der Waals surface area (Å²) in [6.07, 6.45) is 10.1. The van der Waals surface area contributed by atoms with Crippen molar-refractivity contribution < 1.29 is 9.18 Å². The zero-order chi connectivity index (χ0) is 25.7. The summed E-state index contributed by atoms with van der Waals surface area (Å²) >= 11 is 0. The third-order valence-corrected chi connectivity index (χ3v) is 7.49. The first-order chi connectivity index (χ1) is 17.9. The third kappa shape index (κ3) is 4.00. The molecule has 0 atom stereocenters. The van der Waals surface area contributed by atoms with Crippen molar-refractivity contribution in [3.05, 3.63) is 72.5 Å². The summed E-state index contributed by atoms with van der Waals surface area (Å²) in [5.74, 6) is 0.867. The average Bonchev–Trinajstić information content (AvgIpc) is 3.48. The van der Waals surface area contributed by atoms with Crippen LogP contribution in [0.4, 0.5) is 15.9 Å². The maximum atomic E-state index is 15.7. The lowest BCUT2D eigenvalue weighted by Gasteiger charge is -2.27. The number of nitrogens with two attached hydrogens (primary N) is 1. The van der Waals surface area contributed by atoms with Gasteiger partial charge in [0.1, 0.15) is 22.9 Å². The molecule has 8 nitrogen and oxygen atoms in total. The lowest BCUT2D eigenvalue weighted by Crippen LogP contribution is -2.27. The number of carbonyl (C=O) groups is 1. The number of anilines is 2. The van der Waals surface area contributed by atoms with Gasteiger partial charge in [-0.1, -0.05) is 6.07 Å². The summed E-state index contributed by atoms with van der Waals surface area (Å²) in [4.78, 5) is 26.3. The van der Waals surface area contributed by atoms with E-state index in [9.17, 15) is 4.79 Å². The van der Waals surface area contributed by atoms with Gasteiger partial charge in [0.2, 0.25) is 5.91 Å². The van der Waals surface area contributed by atoms with Crippen molar-refractivity contribution in [3.8, 4) is 11.3 Å². The normalized spacial score (nSPS) is 17.9. The molecular formula is C28H28FN7O. The molecule has 4 aromatic heterocycles. The second-order valence-electron chi connectivity index (χ2n) is 9.87. The predicted molar refractivity (Wildman–Crippen MR) is 142 cm³/mol. The number of nitrogens with zero attached hydrogens (tertiary/aromatic N) is 5. The number of rotatable bonds is 4. The number of hydrogen-bond acceptors (Lipinski definition) is 5. The molecule has 5 aromatic rings. The Kier molecular flexibility index (Phi) is 5.62. The maximum absolute atomic E-state index is 15.7. The fourth-order valence-corrected chi connectivity index (χ4v) is 5.48. The minimum Gasteiger partial charge on any atom is -0.382 e. The van der Waals surface area contributed by atoms with E-state index in [1.807, 2.05) is 55.0 Å². The van der Waals surface area contributed by atoms with Crippen molar-refractivity contribution in [2.75, 3.05) is 11.1 Å². The summed E-state index contributed by atoms with van der Waals surface area (Å²) in [6, 6.07) is 9.30. The minimum absolute atomic E-state index is 0.0177. The van der Waals surface area contributed by atoms with E-state index >= 15 is 4.39 Å². The van der Waals surface area contributed by atoms with E-state index in [1.54, 1.807) is 23.0 Å². The van der Waals surface area contributed by atoms with E-state index in [2.05, 4.69) is 15.3 Å². The summed E-state index contributed by atoms with van der Waals surface area (Å²) in [5, 5.41) is 3.82. The Hall–Kier alpha value is -4.27. The average molecular weight is 498 g/mol. The van der Waals surface area contributed by atoms with Gasteiger partial charge in [0.15, 0.2) is 5.82 Å². The molecule has 0 radical (unpaired) electrons. The molecule has 1 aliphatic carbocycles. The summed E-state index contributed by atoms with van der Waals surface area (Å²) in [6.45, 7) is 1.91. The zero-order valence-corrected chi connectivity index (χ0v) is 20.8. The number of benzene rings is 1. The first-order valence-electron chi connectivity index (χ1n) is 12.5. The molecule has 0 bridgehead atoms. The number of nitrogen functional groups attached to an aromatic ring is 1. The highest BCUT2D eigenvalue weighted by Crippen LogP contribution is 2.40. The highest BCUT2D eigenvalue weighted by Gasteiger charge is 2.31. The van der Waals surface area contributed by atoms with Crippen LogP contribution in [-0.4, -0.2) is 29.8 Å². The number of carbonyl (C=O) groups excluding carboxylic acids is 1. The molecule has 1 fully saturated rings. The molecule has 0 spiro atoms. The van der Waals surface area contributed by atoms with Crippen LogP contribution in [0.25, 0.3) is 27.7 Å². The summed E-state index contributed by atoms with van der Waals surface area (Å²) in [5.41, 5.74) is 9.94. The highest BCUT2D eigenvalue weighted by atomic mass is 19.1. The lowest BCUT2D eigenvalue weighted by atomic mass is 9.81. The molecule has 3 N–H and O–H groups in total. The SMILES string of the molecule is Cc1ccc(NC(=O)[C@H]2CC[C@H](c3nc(-c4ccc5ccn(C)c5c4F)c4c(N)nccn43)CC2)cn1. The summed E-state index contributed by atoms with van der Waals surface area (Å²) < 4.78 is 19.4. The number of aromatic nitrogens is 5. The second-order valence-corrected chi connectivity index (χ2v) is 9.87. The van der Waals surface area contributed by atoms with Crippen molar-refractivity contribution in [1.29, 1.82) is 0 Å². The Balaban J connectivity index is 1.29. The predicted octanol–water partition coefficient (Wildman–Crippen LogP) is 5.23. The van der Waals surface area contributed by atoms with Crippen LogP contribution in [-0.2, 0) is 11.8 Å². The largest absolute Gasteiger partial charge is 0.382 e. The standard InChI is InChI=1S/C28H28FN7O/c1-16-3-9-20(15-32-16)33-28(37)19-6-4-18(5-7-19)27-34-23(25-26(30)31-12-14-36(25)27)21-10-8-17-11-13-35(2)24(17)22(21)29/h3,8-15,18-19H,4-7H2,1-2H3,(H2,30,31)(H,33,37)/t18-,19-. The van der Waals surface area contributed by atoms with Crippen molar-refractivity contribution in [2.24, 2.45) is 13.0 Å². The van der Waals surface area contributed by atoms with Gasteiger partial charge in [-0.15, -0.1) is 0 Å². The van der Waals surface area contributed by atoms with Crippen LogP contribution in [0.3, 0.4) is 0 Å². The van der Waals surface area contributed by atoms with Gasteiger partial charge >= 0.3 is 0 Å². The first-order valence-corrected chi connectivity index (χ1v) is 12.5. The number of amides is 1. The number of hydrogen-bond donors (Lipinski definition) is 2. The van der Waals surface area contributed by atoms with Gasteiger partial charge in [-0.3, -0.25) is 14.2 Å². The Morgan fingerprint density at radius 1 is 1.05 bits per heavy atom. The Bertz CT molecular complexity index is 1630. The number of halogens is 1. The first kappa shape index (κ1) is 23.1. The van der Waals surface area contributed by atoms with Gasteiger partial charge in [-0.05, 0) is 56.9 Å². The highest BCUT2D eigenvalue weighted by molar-refractivity contribution is 5.93. The molecular weight excluding hydrogens is 469 g/mol. The van der Waals surface area contributed by atoms with Crippen LogP contribution in [0.1, 0.15) is 43.1 Å². The fourth-order valence-electron chi connectivity index (χ4n) is 5.48. The molecule has 1 saturated carbocycles. The number of fused-ring (bicyclic) bond motifs is 2. The van der Waals surface area contributed by atoms with Crippen molar-refractivity contribution in [3.63, 3.8) is 0 Å². The van der Waals surface area contributed by atoms with Gasteiger partial charge in [0.25, 0.3) is 0 Å². The quantitative estimate of drug-likeness (QED) is 0.354. The Labute approximate surface area is 213 Å². The molecule has 188 valence electrons. The summed E-state index contributed by atoms with van der Waals surface area (Å²) in [7, 11) is 1.83. The monoisotopic (exact) mass is 497 g/mol. The third-order valence-electron chi connectivity index (χ3n) is 7.49. The van der Waals surface area contributed by atoms with Crippen molar-refractivity contribution in [2.45, 2.75) is 38.5 Å². The van der Waals surface area contributed by atoms with Gasteiger partial charge in [0, 0.05) is 54.1 Å². The molecule has 1 aliphatic rings.